The fraction of sp³-hybridized carbons (Fsp3) is 0.747. The van der Waals surface area contributed by atoms with Crippen molar-refractivity contribution in [2.45, 2.75) is 348 Å². The number of unbranched alkanes of at least 4 members (excludes halogenated alkanes) is 36. The van der Waals surface area contributed by atoms with Crippen molar-refractivity contribution in [2.75, 3.05) is 13.2 Å². The molecule has 0 spiro atoms. The van der Waals surface area contributed by atoms with E-state index in [1.165, 1.54) is 218 Å². The molecule has 1 atom stereocenters. The monoisotopic (exact) mass is 1130 g/mol. The molecule has 0 aliphatic rings. The third-order valence-electron chi connectivity index (χ3n) is 15.1. The molecule has 0 aliphatic carbocycles. The molecule has 0 N–H and O–H groups in total. The largest absolute Gasteiger partial charge is 0.462 e. The molecule has 0 saturated heterocycles. The van der Waals surface area contributed by atoms with Gasteiger partial charge in [-0.25, -0.2) is 0 Å². The van der Waals surface area contributed by atoms with Crippen LogP contribution in [0.1, 0.15) is 342 Å². The number of hydrogen-bond acceptors (Lipinski definition) is 6. The van der Waals surface area contributed by atoms with Crippen molar-refractivity contribution in [3.63, 3.8) is 0 Å². The summed E-state index contributed by atoms with van der Waals surface area (Å²) in [6.07, 6.45) is 93.2. The van der Waals surface area contributed by atoms with Crippen molar-refractivity contribution in [1.82, 2.24) is 0 Å². The second kappa shape index (κ2) is 68.8. The molecule has 0 aliphatic heterocycles. The van der Waals surface area contributed by atoms with Gasteiger partial charge >= 0.3 is 17.9 Å². The van der Waals surface area contributed by atoms with Gasteiger partial charge in [-0.2, -0.15) is 0 Å². The highest BCUT2D eigenvalue weighted by molar-refractivity contribution is 5.71. The van der Waals surface area contributed by atoms with E-state index in [9.17, 15) is 14.4 Å². The van der Waals surface area contributed by atoms with Gasteiger partial charge in [-0.1, -0.05) is 311 Å². The molecule has 6 nitrogen and oxygen atoms in total. The molecule has 6 heteroatoms. The fourth-order valence-electron chi connectivity index (χ4n) is 9.87. The lowest BCUT2D eigenvalue weighted by atomic mass is 10.0. The van der Waals surface area contributed by atoms with Gasteiger partial charge in [0.25, 0.3) is 0 Å². The number of hydrogen-bond donors (Lipinski definition) is 0. The highest BCUT2D eigenvalue weighted by Gasteiger charge is 2.19. The summed E-state index contributed by atoms with van der Waals surface area (Å²) in [4.78, 5) is 38.3. The molecule has 0 bridgehead atoms. The SMILES string of the molecule is CC/C=C\C/C=C\C/C=C\C/C=C\CCC(=O)OCC(COC(=O)CCCCCCCCCCCCCCCCCCCC/C=C\C/C=C\C/C=C\CCCCCCC)OC(=O)CCCCCCCCC/C=C\CCCCCCCC. The zero-order valence-electron chi connectivity index (χ0n) is 53.5. The summed E-state index contributed by atoms with van der Waals surface area (Å²) in [7, 11) is 0. The summed E-state index contributed by atoms with van der Waals surface area (Å²) in [5.41, 5.74) is 0. The molecule has 0 rings (SSSR count). The van der Waals surface area contributed by atoms with Gasteiger partial charge in [0.1, 0.15) is 13.2 Å². The van der Waals surface area contributed by atoms with Gasteiger partial charge in [-0.15, -0.1) is 0 Å². The van der Waals surface area contributed by atoms with Gasteiger partial charge in [0.05, 0.1) is 0 Å². The summed E-state index contributed by atoms with van der Waals surface area (Å²) in [5.74, 6) is -0.976. The summed E-state index contributed by atoms with van der Waals surface area (Å²) in [5, 5.41) is 0. The lowest BCUT2D eigenvalue weighted by Crippen LogP contribution is -2.30. The van der Waals surface area contributed by atoms with Crippen molar-refractivity contribution >= 4 is 17.9 Å². The molecular formula is C75H130O6. The minimum atomic E-state index is -0.809. The van der Waals surface area contributed by atoms with Gasteiger partial charge in [0.15, 0.2) is 6.10 Å². The number of allylic oxidation sites excluding steroid dienone is 16. The molecule has 0 radical (unpaired) electrons. The van der Waals surface area contributed by atoms with E-state index < -0.39 is 6.10 Å². The molecule has 0 saturated carbocycles. The molecule has 466 valence electrons. The number of carbonyl (C=O) groups excluding carboxylic acids is 3. The third kappa shape index (κ3) is 67.0. The highest BCUT2D eigenvalue weighted by Crippen LogP contribution is 2.17. The number of ether oxygens (including phenoxy) is 3. The molecular weight excluding hydrogens is 997 g/mol. The zero-order valence-corrected chi connectivity index (χ0v) is 53.5. The van der Waals surface area contributed by atoms with Crippen LogP contribution in [0.5, 0.6) is 0 Å². The smallest absolute Gasteiger partial charge is 0.306 e. The first-order valence-corrected chi connectivity index (χ1v) is 34.7. The van der Waals surface area contributed by atoms with Crippen molar-refractivity contribution in [1.29, 1.82) is 0 Å². The third-order valence-corrected chi connectivity index (χ3v) is 15.1. The Morgan fingerprint density at radius 1 is 0.259 bits per heavy atom. The summed E-state index contributed by atoms with van der Waals surface area (Å²) >= 11 is 0. The quantitative estimate of drug-likeness (QED) is 0.0261. The Hall–Kier alpha value is -3.67. The Labute approximate surface area is 502 Å². The Balaban J connectivity index is 4.19. The first-order valence-electron chi connectivity index (χ1n) is 34.7. The summed E-state index contributed by atoms with van der Waals surface area (Å²) in [6, 6.07) is 0. The Morgan fingerprint density at radius 3 is 0.840 bits per heavy atom. The normalized spacial score (nSPS) is 12.7. The van der Waals surface area contributed by atoms with Crippen LogP contribution >= 0.6 is 0 Å². The van der Waals surface area contributed by atoms with Crippen LogP contribution in [0, 0.1) is 0 Å². The number of carbonyl (C=O) groups is 3. The Morgan fingerprint density at radius 2 is 0.506 bits per heavy atom. The second-order valence-corrected chi connectivity index (χ2v) is 23.1. The van der Waals surface area contributed by atoms with Crippen molar-refractivity contribution in [2.24, 2.45) is 0 Å². The minimum Gasteiger partial charge on any atom is -0.462 e. The van der Waals surface area contributed by atoms with E-state index in [0.717, 1.165) is 77.0 Å². The van der Waals surface area contributed by atoms with Gasteiger partial charge in [0.2, 0.25) is 0 Å². The van der Waals surface area contributed by atoms with Gasteiger partial charge in [-0.3, -0.25) is 14.4 Å². The lowest BCUT2D eigenvalue weighted by Gasteiger charge is -2.18. The second-order valence-electron chi connectivity index (χ2n) is 23.1. The molecule has 0 amide bonds. The minimum absolute atomic E-state index is 0.0987. The van der Waals surface area contributed by atoms with Crippen LogP contribution < -0.4 is 0 Å². The molecule has 0 aromatic heterocycles. The van der Waals surface area contributed by atoms with Crippen molar-refractivity contribution in [3.8, 4) is 0 Å². The van der Waals surface area contributed by atoms with E-state index in [1.54, 1.807) is 0 Å². The maximum absolute atomic E-state index is 12.9. The van der Waals surface area contributed by atoms with E-state index in [2.05, 4.69) is 112 Å². The van der Waals surface area contributed by atoms with E-state index in [0.29, 0.717) is 19.3 Å². The Bertz CT molecular complexity index is 1580. The van der Waals surface area contributed by atoms with Gasteiger partial charge in [0, 0.05) is 19.3 Å². The molecule has 1 unspecified atom stereocenters. The molecule has 81 heavy (non-hydrogen) atoms. The van der Waals surface area contributed by atoms with Crippen LogP contribution in [0.25, 0.3) is 0 Å². The van der Waals surface area contributed by atoms with Crippen molar-refractivity contribution in [3.05, 3.63) is 97.2 Å². The van der Waals surface area contributed by atoms with E-state index in [4.69, 9.17) is 14.2 Å². The molecule has 0 aromatic rings. The van der Waals surface area contributed by atoms with Gasteiger partial charge < -0.3 is 14.2 Å². The maximum Gasteiger partial charge on any atom is 0.306 e. The van der Waals surface area contributed by atoms with Gasteiger partial charge in [-0.05, 0) is 109 Å². The fourth-order valence-corrected chi connectivity index (χ4v) is 9.87. The number of rotatable bonds is 63. The van der Waals surface area contributed by atoms with Crippen molar-refractivity contribution < 1.29 is 28.6 Å². The first kappa shape index (κ1) is 77.3. The van der Waals surface area contributed by atoms with E-state index in [1.807, 2.05) is 6.08 Å². The number of esters is 3. The summed E-state index contributed by atoms with van der Waals surface area (Å²) < 4.78 is 16.9. The highest BCUT2D eigenvalue weighted by atomic mass is 16.6. The lowest BCUT2D eigenvalue weighted by molar-refractivity contribution is -0.166. The first-order chi connectivity index (χ1) is 40.0. The standard InChI is InChI=1S/C75H130O6/c1-4-7-10-13-16-19-22-25-27-29-30-31-32-33-34-35-36-37-38-39-40-41-42-43-44-46-47-50-53-56-59-62-65-68-74(77)80-71-72(70-79-73(76)67-64-61-58-55-52-49-24-21-18-15-12-9-6-3)81-75(78)69-66-63-60-57-54-51-48-45-28-26-23-20-17-14-11-8-5-2/h9,12,18,21-22,25-26,28-30,32-33,49,52,58,61,72H,4-8,10-11,13-17,19-20,23-24,27,31,34-48,50-51,53-57,59-60,62-71H2,1-3H3/b12-9-,21-18-,25-22-,28-26-,30-29-,33-32-,52-49-,61-58-. The predicted octanol–water partition coefficient (Wildman–Crippen LogP) is 24.0. The summed E-state index contributed by atoms with van der Waals surface area (Å²) in [6.45, 7) is 6.47. The maximum atomic E-state index is 12.9. The van der Waals surface area contributed by atoms with Crippen LogP contribution in [-0.4, -0.2) is 37.2 Å². The Kier molecular flexibility index (Phi) is 65.7. The van der Waals surface area contributed by atoms with Crippen LogP contribution in [-0.2, 0) is 28.6 Å². The van der Waals surface area contributed by atoms with Crippen LogP contribution in [0.4, 0.5) is 0 Å². The van der Waals surface area contributed by atoms with Crippen LogP contribution in [0.3, 0.4) is 0 Å². The molecule has 0 heterocycles. The zero-order chi connectivity index (χ0) is 58.5. The average molecular weight is 1130 g/mol. The predicted molar refractivity (Wildman–Crippen MR) is 353 cm³/mol. The van der Waals surface area contributed by atoms with Crippen LogP contribution in [0.15, 0.2) is 97.2 Å². The molecule has 0 aromatic carbocycles. The van der Waals surface area contributed by atoms with Crippen LogP contribution in [0.2, 0.25) is 0 Å². The van der Waals surface area contributed by atoms with E-state index >= 15 is 0 Å². The average Bonchev–Trinajstić information content (AvgIpc) is 3.46. The molecule has 0 fully saturated rings. The topological polar surface area (TPSA) is 78.9 Å². The van der Waals surface area contributed by atoms with E-state index in [-0.39, 0.29) is 37.5 Å².